The van der Waals surface area contributed by atoms with E-state index in [1.807, 2.05) is 0 Å². The third-order valence-corrected chi connectivity index (χ3v) is 1.88. The lowest BCUT2D eigenvalue weighted by atomic mass is 10.2. The molecule has 0 heterocycles. The van der Waals surface area contributed by atoms with Gasteiger partial charge in [-0.3, -0.25) is 5.41 Å². The fraction of sp³-hybridized carbons (Fsp3) is 0.300. The highest BCUT2D eigenvalue weighted by molar-refractivity contribution is 5.81. The minimum absolute atomic E-state index is 0.0987. The van der Waals surface area contributed by atoms with Gasteiger partial charge in [0.2, 0.25) is 0 Å². The first-order chi connectivity index (χ1) is 7.04. The molecular formula is C10H12F2N2O. The molecule has 82 valence electrons. The van der Waals surface area contributed by atoms with Crippen molar-refractivity contribution in [1.29, 1.82) is 5.41 Å². The van der Waals surface area contributed by atoms with Gasteiger partial charge < -0.3 is 10.5 Å². The van der Waals surface area contributed by atoms with Crippen LogP contribution in [0, 0.1) is 17.0 Å². The van der Waals surface area contributed by atoms with Crippen LogP contribution in [-0.2, 0) is 0 Å². The molecule has 1 aromatic carbocycles. The molecule has 0 amide bonds. The first-order valence-corrected chi connectivity index (χ1v) is 4.50. The van der Waals surface area contributed by atoms with Crippen LogP contribution in [0.4, 0.5) is 8.78 Å². The van der Waals surface area contributed by atoms with Gasteiger partial charge in [-0.05, 0) is 18.6 Å². The Bertz CT molecular complexity index is 368. The SMILES string of the molecule is CCC(Oc1ccc(F)cc1F)C(=N)N. The van der Waals surface area contributed by atoms with E-state index in [4.69, 9.17) is 15.9 Å². The van der Waals surface area contributed by atoms with Crippen molar-refractivity contribution in [2.24, 2.45) is 5.73 Å². The van der Waals surface area contributed by atoms with Crippen LogP contribution in [0.5, 0.6) is 5.75 Å². The van der Waals surface area contributed by atoms with Gasteiger partial charge in [0.25, 0.3) is 0 Å². The summed E-state index contributed by atoms with van der Waals surface area (Å²) in [5, 5.41) is 7.17. The Morgan fingerprint density at radius 1 is 1.53 bits per heavy atom. The smallest absolute Gasteiger partial charge is 0.168 e. The van der Waals surface area contributed by atoms with Crippen LogP contribution in [0.25, 0.3) is 0 Å². The summed E-state index contributed by atoms with van der Waals surface area (Å²) in [5.41, 5.74) is 5.24. The highest BCUT2D eigenvalue weighted by atomic mass is 19.1. The number of hydrogen-bond donors (Lipinski definition) is 2. The maximum atomic E-state index is 13.1. The fourth-order valence-corrected chi connectivity index (χ4v) is 1.09. The van der Waals surface area contributed by atoms with E-state index in [-0.39, 0.29) is 11.6 Å². The Labute approximate surface area is 86.4 Å². The zero-order chi connectivity index (χ0) is 11.4. The maximum Gasteiger partial charge on any atom is 0.168 e. The molecule has 1 aromatic rings. The summed E-state index contributed by atoms with van der Waals surface area (Å²) in [6.07, 6.45) is -0.225. The Kier molecular flexibility index (Phi) is 3.60. The molecule has 0 fully saturated rings. The first kappa shape index (κ1) is 11.4. The average molecular weight is 214 g/mol. The molecule has 0 saturated carbocycles. The Morgan fingerprint density at radius 2 is 2.20 bits per heavy atom. The molecule has 0 aliphatic rings. The Morgan fingerprint density at radius 3 is 2.67 bits per heavy atom. The lowest BCUT2D eigenvalue weighted by Gasteiger charge is -2.16. The van der Waals surface area contributed by atoms with Crippen LogP contribution >= 0.6 is 0 Å². The molecule has 1 unspecified atom stereocenters. The molecule has 3 nitrogen and oxygen atoms in total. The standard InChI is InChI=1S/C10H12F2N2O/c1-2-8(10(13)14)15-9-4-3-6(11)5-7(9)12/h3-5,8H,2H2,1H3,(H3,13,14). The number of nitrogens with one attached hydrogen (secondary N) is 1. The van der Waals surface area contributed by atoms with Crippen molar-refractivity contribution in [3.8, 4) is 5.75 Å². The molecule has 0 spiro atoms. The zero-order valence-electron chi connectivity index (χ0n) is 8.26. The molecule has 0 aliphatic heterocycles. The quantitative estimate of drug-likeness (QED) is 0.595. The largest absolute Gasteiger partial charge is 0.480 e. The molecule has 0 bridgehead atoms. The van der Waals surface area contributed by atoms with E-state index in [1.54, 1.807) is 6.92 Å². The molecule has 3 N–H and O–H groups in total. The van der Waals surface area contributed by atoms with E-state index in [1.165, 1.54) is 6.07 Å². The Hall–Kier alpha value is -1.65. The maximum absolute atomic E-state index is 13.1. The van der Waals surface area contributed by atoms with Gasteiger partial charge >= 0.3 is 0 Å². The summed E-state index contributed by atoms with van der Waals surface area (Å²) in [5.74, 6) is -1.75. The number of ether oxygens (including phenoxy) is 1. The molecule has 1 atom stereocenters. The average Bonchev–Trinajstić information content (AvgIpc) is 2.16. The van der Waals surface area contributed by atoms with E-state index in [0.717, 1.165) is 12.1 Å². The number of hydrogen-bond acceptors (Lipinski definition) is 2. The van der Waals surface area contributed by atoms with Gasteiger partial charge in [0.1, 0.15) is 11.7 Å². The minimum atomic E-state index is -0.797. The number of benzene rings is 1. The van der Waals surface area contributed by atoms with Crippen LogP contribution < -0.4 is 10.5 Å². The van der Waals surface area contributed by atoms with Crippen LogP contribution in [0.1, 0.15) is 13.3 Å². The normalized spacial score (nSPS) is 12.2. The lowest BCUT2D eigenvalue weighted by Crippen LogP contribution is -2.32. The van der Waals surface area contributed by atoms with E-state index in [2.05, 4.69) is 0 Å². The summed E-state index contributed by atoms with van der Waals surface area (Å²) in [6, 6.07) is 2.99. The predicted octanol–water partition coefficient (Wildman–Crippen LogP) is 2.06. The first-order valence-electron chi connectivity index (χ1n) is 4.50. The Balaban J connectivity index is 2.84. The lowest BCUT2D eigenvalue weighted by molar-refractivity contribution is 0.248. The third kappa shape index (κ3) is 2.90. The van der Waals surface area contributed by atoms with Gasteiger partial charge in [-0.15, -0.1) is 0 Å². The second kappa shape index (κ2) is 4.72. The topological polar surface area (TPSA) is 59.1 Å². The second-order valence-electron chi connectivity index (χ2n) is 3.04. The molecule has 0 aromatic heterocycles. The number of rotatable bonds is 4. The van der Waals surface area contributed by atoms with Crippen molar-refractivity contribution in [1.82, 2.24) is 0 Å². The monoisotopic (exact) mass is 214 g/mol. The highest BCUT2D eigenvalue weighted by Gasteiger charge is 2.14. The fourth-order valence-electron chi connectivity index (χ4n) is 1.09. The molecule has 5 heteroatoms. The van der Waals surface area contributed by atoms with Gasteiger partial charge in [0, 0.05) is 6.07 Å². The molecule has 0 saturated heterocycles. The van der Waals surface area contributed by atoms with E-state index in [0.29, 0.717) is 6.42 Å². The van der Waals surface area contributed by atoms with Gasteiger partial charge in [-0.1, -0.05) is 6.92 Å². The van der Waals surface area contributed by atoms with Crippen molar-refractivity contribution < 1.29 is 13.5 Å². The zero-order valence-corrected chi connectivity index (χ0v) is 8.26. The van der Waals surface area contributed by atoms with Crippen LogP contribution in [0.3, 0.4) is 0 Å². The van der Waals surface area contributed by atoms with Crippen LogP contribution in [-0.4, -0.2) is 11.9 Å². The van der Waals surface area contributed by atoms with Gasteiger partial charge in [-0.2, -0.15) is 0 Å². The molecule has 15 heavy (non-hydrogen) atoms. The molecule has 0 aliphatic carbocycles. The molecular weight excluding hydrogens is 202 g/mol. The number of nitrogens with two attached hydrogens (primary N) is 1. The third-order valence-electron chi connectivity index (χ3n) is 1.88. The highest BCUT2D eigenvalue weighted by Crippen LogP contribution is 2.19. The van der Waals surface area contributed by atoms with Gasteiger partial charge in [0.05, 0.1) is 0 Å². The van der Waals surface area contributed by atoms with Crippen molar-refractivity contribution >= 4 is 5.84 Å². The van der Waals surface area contributed by atoms with E-state index < -0.39 is 17.7 Å². The minimum Gasteiger partial charge on any atom is -0.480 e. The molecule has 1 rings (SSSR count). The number of halogens is 2. The number of amidine groups is 1. The van der Waals surface area contributed by atoms with Crippen LogP contribution in [0.2, 0.25) is 0 Å². The van der Waals surface area contributed by atoms with Gasteiger partial charge in [-0.25, -0.2) is 8.78 Å². The van der Waals surface area contributed by atoms with E-state index >= 15 is 0 Å². The van der Waals surface area contributed by atoms with Gasteiger partial charge in [0.15, 0.2) is 17.7 Å². The van der Waals surface area contributed by atoms with E-state index in [9.17, 15) is 8.78 Å². The summed E-state index contributed by atoms with van der Waals surface area (Å²) in [4.78, 5) is 0. The molecule has 0 radical (unpaired) electrons. The predicted molar refractivity (Wildman–Crippen MR) is 53.0 cm³/mol. The summed E-state index contributed by atoms with van der Waals surface area (Å²) >= 11 is 0. The second-order valence-corrected chi connectivity index (χ2v) is 3.04. The van der Waals surface area contributed by atoms with Crippen molar-refractivity contribution in [2.45, 2.75) is 19.4 Å². The van der Waals surface area contributed by atoms with Crippen molar-refractivity contribution in [2.75, 3.05) is 0 Å². The summed E-state index contributed by atoms with van der Waals surface area (Å²) in [7, 11) is 0. The van der Waals surface area contributed by atoms with Crippen molar-refractivity contribution in [3.05, 3.63) is 29.8 Å². The summed E-state index contributed by atoms with van der Waals surface area (Å²) in [6.45, 7) is 1.76. The van der Waals surface area contributed by atoms with Crippen molar-refractivity contribution in [3.63, 3.8) is 0 Å². The summed E-state index contributed by atoms with van der Waals surface area (Å²) < 4.78 is 30.8. The van der Waals surface area contributed by atoms with Crippen LogP contribution in [0.15, 0.2) is 18.2 Å².